The third-order valence-electron chi connectivity index (χ3n) is 4.72. The zero-order valence-corrected chi connectivity index (χ0v) is 15.2. The van der Waals surface area contributed by atoms with Gasteiger partial charge in [-0.05, 0) is 50.7 Å². The van der Waals surface area contributed by atoms with Gasteiger partial charge in [0, 0.05) is 40.3 Å². The van der Waals surface area contributed by atoms with Crippen LogP contribution in [0, 0.1) is 0 Å². The molecule has 0 fully saturated rings. The summed E-state index contributed by atoms with van der Waals surface area (Å²) in [7, 11) is 4.07. The van der Waals surface area contributed by atoms with E-state index in [-0.39, 0.29) is 11.8 Å². The van der Waals surface area contributed by atoms with Crippen LogP contribution in [-0.4, -0.2) is 34.1 Å². The van der Waals surface area contributed by atoms with Crippen molar-refractivity contribution >= 4 is 32.3 Å². The Kier molecular flexibility index (Phi) is 3.90. The quantitative estimate of drug-likeness (QED) is 0.575. The topological polar surface area (TPSA) is 49.3 Å². The molecule has 0 aliphatic heterocycles. The number of fused-ring (bicyclic) bond motifs is 3. The van der Waals surface area contributed by atoms with Gasteiger partial charge < -0.3 is 10.0 Å². The van der Waals surface area contributed by atoms with E-state index in [1.807, 2.05) is 44.7 Å². The van der Waals surface area contributed by atoms with Gasteiger partial charge in [-0.1, -0.05) is 6.07 Å². The lowest BCUT2D eigenvalue weighted by Crippen LogP contribution is -2.17. The van der Waals surface area contributed by atoms with Crippen LogP contribution in [0.2, 0.25) is 0 Å². The molecule has 3 heterocycles. The minimum atomic E-state index is 0.236. The van der Waals surface area contributed by atoms with Crippen molar-refractivity contribution in [2.24, 2.45) is 0 Å². The highest BCUT2D eigenvalue weighted by Gasteiger charge is 2.15. The first-order valence-corrected chi connectivity index (χ1v) is 9.05. The SMILES string of the molecule is CC(c1ccc(-c2c(O)ccc3ncc4sccc4c23)cn1)N(C)C. The maximum atomic E-state index is 10.6. The van der Waals surface area contributed by atoms with Gasteiger partial charge in [0.15, 0.2) is 0 Å². The number of hydrogen-bond acceptors (Lipinski definition) is 5. The Morgan fingerprint density at radius 2 is 1.88 bits per heavy atom. The van der Waals surface area contributed by atoms with Gasteiger partial charge in [-0.15, -0.1) is 11.3 Å². The highest BCUT2D eigenvalue weighted by molar-refractivity contribution is 7.17. The lowest BCUT2D eigenvalue weighted by atomic mass is 9.98. The number of rotatable bonds is 3. The number of thiophene rings is 1. The molecule has 25 heavy (non-hydrogen) atoms. The molecule has 1 N–H and O–H groups in total. The summed E-state index contributed by atoms with van der Waals surface area (Å²) in [4.78, 5) is 11.3. The molecule has 0 amide bonds. The number of phenols is 1. The molecular formula is C20H19N3OS. The summed E-state index contributed by atoms with van der Waals surface area (Å²) in [5.41, 5.74) is 3.58. The fraction of sp³-hybridized carbons (Fsp3) is 0.200. The summed E-state index contributed by atoms with van der Waals surface area (Å²) in [5, 5.41) is 14.7. The molecule has 0 saturated carbocycles. The Labute approximate surface area is 150 Å². The zero-order chi connectivity index (χ0) is 17.6. The molecule has 1 unspecified atom stereocenters. The van der Waals surface area contributed by atoms with Gasteiger partial charge in [-0.25, -0.2) is 0 Å². The summed E-state index contributed by atoms with van der Waals surface area (Å²) >= 11 is 1.66. The zero-order valence-electron chi connectivity index (χ0n) is 14.4. The monoisotopic (exact) mass is 349 g/mol. The van der Waals surface area contributed by atoms with Gasteiger partial charge >= 0.3 is 0 Å². The fourth-order valence-corrected chi connectivity index (χ4v) is 3.84. The molecule has 4 aromatic rings. The second kappa shape index (κ2) is 6.10. The fourth-order valence-electron chi connectivity index (χ4n) is 3.07. The average Bonchev–Trinajstić information content (AvgIpc) is 3.10. The molecule has 4 nitrogen and oxygen atoms in total. The van der Waals surface area contributed by atoms with Crippen molar-refractivity contribution in [3.8, 4) is 16.9 Å². The second-order valence-corrected chi connectivity index (χ2v) is 7.37. The van der Waals surface area contributed by atoms with Crippen LogP contribution in [0.15, 0.2) is 48.1 Å². The maximum Gasteiger partial charge on any atom is 0.124 e. The molecule has 0 aliphatic rings. The van der Waals surface area contributed by atoms with Crippen LogP contribution >= 0.6 is 11.3 Å². The van der Waals surface area contributed by atoms with Gasteiger partial charge in [-0.3, -0.25) is 9.97 Å². The summed E-state index contributed by atoms with van der Waals surface area (Å²) < 4.78 is 1.12. The lowest BCUT2D eigenvalue weighted by Gasteiger charge is -2.19. The molecule has 0 saturated heterocycles. The molecule has 1 aromatic carbocycles. The molecule has 0 bridgehead atoms. The Hall–Kier alpha value is -2.50. The van der Waals surface area contributed by atoms with Crippen LogP contribution < -0.4 is 0 Å². The number of aromatic nitrogens is 2. The standard InChI is InChI=1S/C20H19N3OS/c1-12(23(2)3)15-5-4-13(10-21-15)19-17(24)7-6-16-20(19)14-8-9-25-18(14)11-22-16/h4-12,24H,1-3H3. The summed E-state index contributed by atoms with van der Waals surface area (Å²) in [6.07, 6.45) is 3.73. The first-order valence-electron chi connectivity index (χ1n) is 8.17. The molecule has 0 aliphatic carbocycles. The van der Waals surface area contributed by atoms with E-state index in [9.17, 15) is 5.11 Å². The second-order valence-electron chi connectivity index (χ2n) is 6.42. The van der Waals surface area contributed by atoms with Crippen LogP contribution in [0.1, 0.15) is 18.7 Å². The Bertz CT molecular complexity index is 1050. The van der Waals surface area contributed by atoms with Crippen LogP contribution in [0.4, 0.5) is 0 Å². The van der Waals surface area contributed by atoms with Gasteiger partial charge in [0.1, 0.15) is 5.75 Å². The van der Waals surface area contributed by atoms with E-state index in [1.54, 1.807) is 17.4 Å². The molecule has 0 spiro atoms. The number of aromatic hydroxyl groups is 1. The smallest absolute Gasteiger partial charge is 0.124 e. The molecule has 5 heteroatoms. The van der Waals surface area contributed by atoms with Crippen LogP contribution in [-0.2, 0) is 0 Å². The number of benzene rings is 1. The van der Waals surface area contributed by atoms with Crippen molar-refractivity contribution in [1.82, 2.24) is 14.9 Å². The number of hydrogen-bond donors (Lipinski definition) is 1. The number of pyridine rings is 2. The van der Waals surface area contributed by atoms with Gasteiger partial charge in [0.2, 0.25) is 0 Å². The van der Waals surface area contributed by atoms with Crippen molar-refractivity contribution in [3.05, 3.63) is 53.8 Å². The van der Waals surface area contributed by atoms with Crippen molar-refractivity contribution in [3.63, 3.8) is 0 Å². The van der Waals surface area contributed by atoms with E-state index in [0.29, 0.717) is 0 Å². The molecule has 0 radical (unpaired) electrons. The molecule has 1 atom stereocenters. The predicted molar refractivity (Wildman–Crippen MR) is 104 cm³/mol. The largest absolute Gasteiger partial charge is 0.507 e. The van der Waals surface area contributed by atoms with Gasteiger partial charge in [0.05, 0.1) is 15.9 Å². The van der Waals surface area contributed by atoms with E-state index in [1.165, 1.54) is 0 Å². The Morgan fingerprint density at radius 1 is 1.04 bits per heavy atom. The molecular weight excluding hydrogens is 330 g/mol. The highest BCUT2D eigenvalue weighted by Crippen LogP contribution is 2.40. The average molecular weight is 349 g/mol. The highest BCUT2D eigenvalue weighted by atomic mass is 32.1. The van der Waals surface area contributed by atoms with Crippen LogP contribution in [0.5, 0.6) is 5.75 Å². The van der Waals surface area contributed by atoms with E-state index in [0.717, 1.165) is 37.8 Å². The van der Waals surface area contributed by atoms with Crippen molar-refractivity contribution in [2.75, 3.05) is 14.1 Å². The van der Waals surface area contributed by atoms with E-state index in [4.69, 9.17) is 0 Å². The number of nitrogens with zero attached hydrogens (tertiary/aromatic N) is 3. The summed E-state index contributed by atoms with van der Waals surface area (Å²) in [6, 6.07) is 9.95. The number of phenolic OH excluding ortho intramolecular Hbond substituents is 1. The van der Waals surface area contributed by atoms with E-state index < -0.39 is 0 Å². The Balaban J connectivity index is 1.94. The summed E-state index contributed by atoms with van der Waals surface area (Å²) in [6.45, 7) is 2.12. The van der Waals surface area contributed by atoms with Crippen molar-refractivity contribution in [1.29, 1.82) is 0 Å². The summed E-state index contributed by atoms with van der Waals surface area (Å²) in [5.74, 6) is 0.253. The van der Waals surface area contributed by atoms with Crippen molar-refractivity contribution < 1.29 is 5.11 Å². The Morgan fingerprint density at radius 3 is 2.60 bits per heavy atom. The van der Waals surface area contributed by atoms with Gasteiger partial charge in [-0.2, -0.15) is 0 Å². The predicted octanol–water partition coefficient (Wildman–Crippen LogP) is 4.84. The molecule has 4 rings (SSSR count). The minimum Gasteiger partial charge on any atom is -0.507 e. The minimum absolute atomic E-state index is 0.236. The van der Waals surface area contributed by atoms with Crippen LogP contribution in [0.25, 0.3) is 32.1 Å². The maximum absolute atomic E-state index is 10.6. The normalized spacial score (nSPS) is 13.0. The van der Waals surface area contributed by atoms with E-state index in [2.05, 4.69) is 33.2 Å². The third-order valence-corrected chi connectivity index (χ3v) is 5.58. The molecule has 126 valence electrons. The van der Waals surface area contributed by atoms with Gasteiger partial charge in [0.25, 0.3) is 0 Å². The first kappa shape index (κ1) is 16.0. The van der Waals surface area contributed by atoms with E-state index >= 15 is 0 Å². The lowest BCUT2D eigenvalue weighted by molar-refractivity contribution is 0.315. The van der Waals surface area contributed by atoms with Crippen LogP contribution in [0.3, 0.4) is 0 Å². The first-order chi connectivity index (χ1) is 12.1. The molecule has 3 aromatic heterocycles. The van der Waals surface area contributed by atoms with Crippen molar-refractivity contribution in [2.45, 2.75) is 13.0 Å². The third kappa shape index (κ3) is 2.65.